The first-order valence-electron chi connectivity index (χ1n) is 11.9. The van der Waals surface area contributed by atoms with Crippen LogP contribution in [0.5, 0.6) is 0 Å². The Morgan fingerprint density at radius 1 is 1.03 bits per heavy atom. The summed E-state index contributed by atoms with van der Waals surface area (Å²) >= 11 is 0. The Kier molecular flexibility index (Phi) is 7.85. The van der Waals surface area contributed by atoms with E-state index in [1.807, 2.05) is 11.9 Å². The maximum absolute atomic E-state index is 13.1. The average Bonchev–Trinajstić information content (AvgIpc) is 2.83. The summed E-state index contributed by atoms with van der Waals surface area (Å²) in [7, 11) is -1.79. The Labute approximate surface area is 196 Å². The van der Waals surface area contributed by atoms with Crippen LogP contribution in [0.3, 0.4) is 0 Å². The van der Waals surface area contributed by atoms with E-state index < -0.39 is 14.9 Å². The van der Waals surface area contributed by atoms with E-state index in [0.717, 1.165) is 65.2 Å². The van der Waals surface area contributed by atoms with E-state index in [1.54, 1.807) is 6.07 Å². The van der Waals surface area contributed by atoms with E-state index >= 15 is 0 Å². The molecule has 0 unspecified atom stereocenters. The number of likely N-dealkylation sites (N-methyl/N-ethyl adjacent to an activating group) is 1. The number of hydrogen-bond acceptors (Lipinski definition) is 8. The van der Waals surface area contributed by atoms with E-state index in [9.17, 15) is 18.5 Å². The molecule has 1 aromatic carbocycles. The Morgan fingerprint density at radius 3 is 2.33 bits per heavy atom. The van der Waals surface area contributed by atoms with Gasteiger partial charge in [-0.2, -0.15) is 4.31 Å². The molecule has 0 spiro atoms. The summed E-state index contributed by atoms with van der Waals surface area (Å²) < 4.78 is 33.0. The fourth-order valence-electron chi connectivity index (χ4n) is 4.91. The number of benzene rings is 1. The number of hydrogen-bond donors (Lipinski definition) is 0. The molecular weight excluding hydrogens is 446 g/mol. The van der Waals surface area contributed by atoms with Crippen molar-refractivity contribution in [3.05, 3.63) is 28.3 Å². The van der Waals surface area contributed by atoms with Crippen molar-refractivity contribution in [2.24, 2.45) is 5.92 Å². The minimum atomic E-state index is -3.75. The minimum Gasteiger partial charge on any atom is -0.379 e. The van der Waals surface area contributed by atoms with E-state index in [2.05, 4.69) is 9.80 Å². The van der Waals surface area contributed by atoms with Crippen molar-refractivity contribution >= 4 is 21.4 Å². The van der Waals surface area contributed by atoms with Crippen molar-refractivity contribution in [3.63, 3.8) is 0 Å². The third-order valence-corrected chi connectivity index (χ3v) is 9.05. The standard InChI is InChI=1S/C22H35N5O5S/c1-23-10-12-26(13-11-23)33(30,31)20-2-3-21(22(18-20)27(28)29)25-8-5-19(6-9-25)4-7-24-14-16-32-17-15-24/h2-3,18-19H,4-17H2,1H3. The number of anilines is 1. The quantitative estimate of drug-likeness (QED) is 0.426. The van der Waals surface area contributed by atoms with E-state index in [-0.39, 0.29) is 10.6 Å². The molecule has 0 aliphatic carbocycles. The summed E-state index contributed by atoms with van der Waals surface area (Å²) in [5.41, 5.74) is 0.390. The van der Waals surface area contributed by atoms with Gasteiger partial charge >= 0.3 is 0 Å². The number of rotatable bonds is 7. The molecular formula is C22H35N5O5S. The van der Waals surface area contributed by atoms with Gasteiger partial charge in [0.05, 0.1) is 23.0 Å². The molecule has 0 radical (unpaired) electrons. The summed E-state index contributed by atoms with van der Waals surface area (Å²) in [5, 5.41) is 11.9. The van der Waals surface area contributed by atoms with Gasteiger partial charge in [0.15, 0.2) is 0 Å². The van der Waals surface area contributed by atoms with Crippen molar-refractivity contribution in [1.29, 1.82) is 0 Å². The highest BCUT2D eigenvalue weighted by atomic mass is 32.2. The van der Waals surface area contributed by atoms with Crippen LogP contribution >= 0.6 is 0 Å². The first kappa shape index (κ1) is 24.3. The number of nitrogens with zero attached hydrogens (tertiary/aromatic N) is 5. The lowest BCUT2D eigenvalue weighted by molar-refractivity contribution is -0.384. The number of piperazine rings is 1. The number of sulfonamides is 1. The van der Waals surface area contributed by atoms with Crippen LogP contribution in [0.15, 0.2) is 23.1 Å². The molecule has 33 heavy (non-hydrogen) atoms. The highest BCUT2D eigenvalue weighted by molar-refractivity contribution is 7.89. The molecule has 0 atom stereocenters. The van der Waals surface area contributed by atoms with Gasteiger partial charge in [0.1, 0.15) is 5.69 Å². The lowest BCUT2D eigenvalue weighted by Gasteiger charge is -2.35. The van der Waals surface area contributed by atoms with Crippen LogP contribution in [0.25, 0.3) is 0 Å². The number of ether oxygens (including phenoxy) is 1. The zero-order valence-electron chi connectivity index (χ0n) is 19.4. The number of nitro groups is 1. The molecule has 0 N–H and O–H groups in total. The van der Waals surface area contributed by atoms with Crippen LogP contribution in [-0.2, 0) is 14.8 Å². The summed E-state index contributed by atoms with van der Waals surface area (Å²) in [6.45, 7) is 8.28. The Morgan fingerprint density at radius 2 is 1.70 bits per heavy atom. The smallest absolute Gasteiger partial charge is 0.293 e. The molecule has 3 aliphatic heterocycles. The Hall–Kier alpha value is -1.79. The summed E-state index contributed by atoms with van der Waals surface area (Å²) in [6.07, 6.45) is 3.11. The van der Waals surface area contributed by atoms with Gasteiger partial charge in [-0.3, -0.25) is 15.0 Å². The molecule has 3 aliphatic rings. The second-order valence-electron chi connectivity index (χ2n) is 9.29. The number of morpholine rings is 1. The van der Waals surface area contributed by atoms with E-state index in [0.29, 0.717) is 37.8 Å². The molecule has 0 aromatic heterocycles. The van der Waals surface area contributed by atoms with Crippen molar-refractivity contribution < 1.29 is 18.1 Å². The van der Waals surface area contributed by atoms with Crippen molar-refractivity contribution in [1.82, 2.24) is 14.1 Å². The van der Waals surface area contributed by atoms with Crippen LogP contribution in [0.2, 0.25) is 0 Å². The molecule has 0 amide bonds. The molecule has 4 rings (SSSR count). The van der Waals surface area contributed by atoms with Gasteiger partial charge < -0.3 is 14.5 Å². The van der Waals surface area contributed by atoms with Crippen LogP contribution in [0, 0.1) is 16.0 Å². The second-order valence-corrected chi connectivity index (χ2v) is 11.2. The first-order valence-corrected chi connectivity index (χ1v) is 13.3. The first-order chi connectivity index (χ1) is 15.8. The molecule has 10 nitrogen and oxygen atoms in total. The van der Waals surface area contributed by atoms with Gasteiger partial charge in [-0.1, -0.05) is 0 Å². The van der Waals surface area contributed by atoms with Gasteiger partial charge in [-0.15, -0.1) is 0 Å². The van der Waals surface area contributed by atoms with Gasteiger partial charge in [0.25, 0.3) is 5.69 Å². The average molecular weight is 482 g/mol. The predicted molar refractivity (Wildman–Crippen MR) is 126 cm³/mol. The topological polar surface area (TPSA) is 99.5 Å². The van der Waals surface area contributed by atoms with Crippen LogP contribution in [0.1, 0.15) is 19.3 Å². The largest absolute Gasteiger partial charge is 0.379 e. The summed E-state index contributed by atoms with van der Waals surface area (Å²) in [6, 6.07) is 4.39. The van der Waals surface area contributed by atoms with Crippen LogP contribution in [-0.4, -0.2) is 107 Å². The van der Waals surface area contributed by atoms with Crippen LogP contribution < -0.4 is 4.90 Å². The molecule has 1 aromatic rings. The normalized spacial score (nSPS) is 22.5. The molecule has 184 valence electrons. The van der Waals surface area contributed by atoms with Gasteiger partial charge in [0.2, 0.25) is 10.0 Å². The third-order valence-electron chi connectivity index (χ3n) is 7.16. The van der Waals surface area contributed by atoms with Crippen molar-refractivity contribution in [3.8, 4) is 0 Å². The third kappa shape index (κ3) is 5.83. The van der Waals surface area contributed by atoms with Gasteiger partial charge in [-0.25, -0.2) is 8.42 Å². The highest BCUT2D eigenvalue weighted by Gasteiger charge is 2.31. The fraction of sp³-hybridized carbons (Fsp3) is 0.727. The molecule has 0 saturated carbocycles. The van der Waals surface area contributed by atoms with Gasteiger partial charge in [0, 0.05) is 58.4 Å². The van der Waals surface area contributed by atoms with Crippen molar-refractivity contribution in [2.75, 3.05) is 84.1 Å². The number of piperidine rings is 1. The molecule has 3 heterocycles. The highest BCUT2D eigenvalue weighted by Crippen LogP contribution is 2.35. The van der Waals surface area contributed by atoms with E-state index in [4.69, 9.17) is 4.74 Å². The van der Waals surface area contributed by atoms with Crippen LogP contribution in [0.4, 0.5) is 11.4 Å². The molecule has 3 fully saturated rings. The Bertz CT molecular complexity index is 921. The lowest BCUT2D eigenvalue weighted by atomic mass is 9.93. The summed E-state index contributed by atoms with van der Waals surface area (Å²) in [5.74, 6) is 0.611. The molecule has 3 saturated heterocycles. The lowest BCUT2D eigenvalue weighted by Crippen LogP contribution is -2.47. The maximum Gasteiger partial charge on any atom is 0.293 e. The number of nitro benzene ring substituents is 1. The maximum atomic E-state index is 13.1. The Balaban J connectivity index is 1.40. The molecule has 0 bridgehead atoms. The fourth-order valence-corrected chi connectivity index (χ4v) is 6.35. The zero-order valence-corrected chi connectivity index (χ0v) is 20.2. The predicted octanol–water partition coefficient (Wildman–Crippen LogP) is 1.47. The monoisotopic (exact) mass is 481 g/mol. The van der Waals surface area contributed by atoms with E-state index in [1.165, 1.54) is 16.4 Å². The minimum absolute atomic E-state index is 0.00269. The van der Waals surface area contributed by atoms with Gasteiger partial charge in [-0.05, 0) is 50.9 Å². The second kappa shape index (κ2) is 10.6. The van der Waals surface area contributed by atoms with Crippen molar-refractivity contribution in [2.45, 2.75) is 24.2 Å². The molecule has 11 heteroatoms. The SMILES string of the molecule is CN1CCN(S(=O)(=O)c2ccc(N3CCC(CCN4CCOCC4)CC3)c([N+](=O)[O-])c2)CC1. The summed E-state index contributed by atoms with van der Waals surface area (Å²) in [4.78, 5) is 18.0. The zero-order chi connectivity index (χ0) is 23.4.